The van der Waals surface area contributed by atoms with Gasteiger partial charge in [-0.1, -0.05) is 26.0 Å². The van der Waals surface area contributed by atoms with Gasteiger partial charge < -0.3 is 19.1 Å². The predicted octanol–water partition coefficient (Wildman–Crippen LogP) is 5.44. The van der Waals surface area contributed by atoms with Crippen molar-refractivity contribution in [3.63, 3.8) is 0 Å². The van der Waals surface area contributed by atoms with Crippen LogP contribution in [-0.2, 0) is 20.1 Å². The summed E-state index contributed by atoms with van der Waals surface area (Å²) in [6.45, 7) is 3.49. The van der Waals surface area contributed by atoms with E-state index in [-0.39, 0.29) is 30.3 Å². The molecule has 0 atom stereocenters. The Balaban J connectivity index is 2.03. The largest absolute Gasteiger partial charge is 0.573 e. The number of halogens is 4. The maximum atomic E-state index is 15.0. The SMILES string of the molecule is COc1ccc(CN(Cc2cccc(OC(F)(F)F)c2F)C(=O)c2cc(C(C)C)nn2C)c(OC)c1. The monoisotopic (exact) mass is 509 g/mol. The van der Waals surface area contributed by atoms with Crippen molar-refractivity contribution < 1.29 is 36.6 Å². The van der Waals surface area contributed by atoms with Gasteiger partial charge in [-0.25, -0.2) is 4.39 Å². The number of hydrogen-bond acceptors (Lipinski definition) is 5. The van der Waals surface area contributed by atoms with Crippen LogP contribution in [0.1, 0.15) is 47.1 Å². The highest BCUT2D eigenvalue weighted by Gasteiger charge is 2.33. The lowest BCUT2D eigenvalue weighted by Crippen LogP contribution is -2.32. The molecule has 3 aromatic rings. The Hall–Kier alpha value is -3.76. The van der Waals surface area contributed by atoms with E-state index in [0.29, 0.717) is 22.8 Å². The predicted molar refractivity (Wildman–Crippen MR) is 124 cm³/mol. The van der Waals surface area contributed by atoms with Crippen LogP contribution in [0.4, 0.5) is 17.6 Å². The summed E-state index contributed by atoms with van der Waals surface area (Å²) in [4.78, 5) is 14.9. The summed E-state index contributed by atoms with van der Waals surface area (Å²) in [6, 6.07) is 10.1. The van der Waals surface area contributed by atoms with Crippen molar-refractivity contribution in [1.82, 2.24) is 14.7 Å². The van der Waals surface area contributed by atoms with Gasteiger partial charge in [0.25, 0.3) is 5.91 Å². The van der Waals surface area contributed by atoms with E-state index in [9.17, 15) is 22.4 Å². The summed E-state index contributed by atoms with van der Waals surface area (Å²) in [7, 11) is 4.57. The first-order chi connectivity index (χ1) is 16.9. The van der Waals surface area contributed by atoms with Gasteiger partial charge in [0, 0.05) is 30.8 Å². The average molecular weight is 510 g/mol. The number of amides is 1. The first-order valence-corrected chi connectivity index (χ1v) is 11.0. The topological polar surface area (TPSA) is 65.8 Å². The molecular formula is C25H27F4N3O4. The van der Waals surface area contributed by atoms with E-state index in [1.807, 2.05) is 13.8 Å². The lowest BCUT2D eigenvalue weighted by Gasteiger charge is -2.25. The van der Waals surface area contributed by atoms with Crippen molar-refractivity contribution in [3.05, 3.63) is 70.8 Å². The Morgan fingerprint density at radius 3 is 2.31 bits per heavy atom. The molecule has 194 valence electrons. The Morgan fingerprint density at radius 1 is 1.03 bits per heavy atom. The Kier molecular flexibility index (Phi) is 8.11. The molecule has 36 heavy (non-hydrogen) atoms. The third kappa shape index (κ3) is 6.27. The fourth-order valence-corrected chi connectivity index (χ4v) is 3.61. The van der Waals surface area contributed by atoms with Crippen molar-refractivity contribution in [3.8, 4) is 17.2 Å². The van der Waals surface area contributed by atoms with Crippen LogP contribution < -0.4 is 14.2 Å². The number of nitrogens with zero attached hydrogens (tertiary/aromatic N) is 3. The number of carbonyl (C=O) groups excluding carboxylic acids is 1. The molecule has 0 saturated carbocycles. The molecule has 3 rings (SSSR count). The number of aryl methyl sites for hydroxylation is 1. The number of methoxy groups -OCH3 is 2. The third-order valence-corrected chi connectivity index (χ3v) is 5.48. The number of aromatic nitrogens is 2. The summed E-state index contributed by atoms with van der Waals surface area (Å²) in [5.74, 6) is -1.66. The van der Waals surface area contributed by atoms with E-state index in [1.165, 1.54) is 35.9 Å². The van der Waals surface area contributed by atoms with Crippen LogP contribution in [0, 0.1) is 5.82 Å². The van der Waals surface area contributed by atoms with Gasteiger partial charge in [-0.05, 0) is 30.2 Å². The van der Waals surface area contributed by atoms with Crippen LogP contribution in [0.15, 0.2) is 42.5 Å². The van der Waals surface area contributed by atoms with Gasteiger partial charge in [0.15, 0.2) is 11.6 Å². The second kappa shape index (κ2) is 10.9. The van der Waals surface area contributed by atoms with Gasteiger partial charge in [0.2, 0.25) is 0 Å². The maximum Gasteiger partial charge on any atom is 0.573 e. The van der Waals surface area contributed by atoms with E-state index >= 15 is 0 Å². The fraction of sp³-hybridized carbons (Fsp3) is 0.360. The Morgan fingerprint density at radius 2 is 1.72 bits per heavy atom. The molecule has 7 nitrogen and oxygen atoms in total. The highest BCUT2D eigenvalue weighted by Crippen LogP contribution is 2.30. The summed E-state index contributed by atoms with van der Waals surface area (Å²) >= 11 is 0. The highest BCUT2D eigenvalue weighted by molar-refractivity contribution is 5.92. The lowest BCUT2D eigenvalue weighted by molar-refractivity contribution is -0.275. The number of hydrogen-bond donors (Lipinski definition) is 0. The quantitative estimate of drug-likeness (QED) is 0.360. The normalized spacial score (nSPS) is 11.5. The van der Waals surface area contributed by atoms with Gasteiger partial charge in [0.05, 0.1) is 26.5 Å². The van der Waals surface area contributed by atoms with Crippen molar-refractivity contribution in [2.24, 2.45) is 7.05 Å². The van der Waals surface area contributed by atoms with E-state index in [4.69, 9.17) is 9.47 Å². The summed E-state index contributed by atoms with van der Waals surface area (Å²) in [5, 5.41) is 4.36. The average Bonchev–Trinajstić information content (AvgIpc) is 3.21. The van der Waals surface area contributed by atoms with Gasteiger partial charge in [-0.3, -0.25) is 9.48 Å². The number of benzene rings is 2. The molecule has 2 aromatic carbocycles. The minimum atomic E-state index is -5.06. The number of carbonyl (C=O) groups is 1. The van der Waals surface area contributed by atoms with Crippen LogP contribution in [0.5, 0.6) is 17.2 Å². The fourth-order valence-electron chi connectivity index (χ4n) is 3.61. The first kappa shape index (κ1) is 26.8. The minimum Gasteiger partial charge on any atom is -0.497 e. The summed E-state index contributed by atoms with van der Waals surface area (Å²) in [6.07, 6.45) is -5.06. The molecule has 0 aliphatic carbocycles. The Labute approximate surface area is 206 Å². The molecule has 0 unspecified atom stereocenters. The molecule has 1 aromatic heterocycles. The smallest absolute Gasteiger partial charge is 0.497 e. The Bertz CT molecular complexity index is 1220. The van der Waals surface area contributed by atoms with Gasteiger partial charge >= 0.3 is 6.36 Å². The first-order valence-electron chi connectivity index (χ1n) is 11.0. The summed E-state index contributed by atoms with van der Waals surface area (Å²) in [5.41, 5.74) is 1.37. The molecule has 0 spiro atoms. The molecule has 0 aliphatic rings. The van der Waals surface area contributed by atoms with E-state index in [1.54, 1.807) is 31.3 Å². The van der Waals surface area contributed by atoms with E-state index in [0.717, 1.165) is 6.07 Å². The van der Waals surface area contributed by atoms with Crippen LogP contribution >= 0.6 is 0 Å². The van der Waals surface area contributed by atoms with E-state index in [2.05, 4.69) is 9.84 Å². The van der Waals surface area contributed by atoms with E-state index < -0.39 is 23.8 Å². The van der Waals surface area contributed by atoms with Crippen molar-refractivity contribution in [2.45, 2.75) is 39.2 Å². The van der Waals surface area contributed by atoms with Gasteiger partial charge in [0.1, 0.15) is 17.2 Å². The molecule has 0 fully saturated rings. The molecule has 0 saturated heterocycles. The second-order valence-electron chi connectivity index (χ2n) is 8.35. The standard InChI is InChI=1S/C25H27F4N3O4/c1-15(2)19-12-20(31(3)30-19)24(33)32(13-16-9-10-18(34-4)11-22(16)35-5)14-17-7-6-8-21(23(17)26)36-25(27,28)29/h6-12,15H,13-14H2,1-5H3. The molecule has 1 heterocycles. The zero-order chi connectivity index (χ0) is 26.6. The highest BCUT2D eigenvalue weighted by atomic mass is 19.4. The number of rotatable bonds is 9. The van der Waals surface area contributed by atoms with Crippen molar-refractivity contribution >= 4 is 5.91 Å². The molecule has 0 bridgehead atoms. The number of ether oxygens (including phenoxy) is 3. The third-order valence-electron chi connectivity index (χ3n) is 5.48. The van der Waals surface area contributed by atoms with Gasteiger partial charge in [-0.2, -0.15) is 5.10 Å². The van der Waals surface area contributed by atoms with Crippen LogP contribution in [0.25, 0.3) is 0 Å². The minimum absolute atomic E-state index is 0.0298. The number of alkyl halides is 3. The lowest BCUT2D eigenvalue weighted by atomic mass is 10.1. The van der Waals surface area contributed by atoms with Crippen molar-refractivity contribution in [2.75, 3.05) is 14.2 Å². The van der Waals surface area contributed by atoms with Crippen LogP contribution in [0.3, 0.4) is 0 Å². The molecule has 0 aliphatic heterocycles. The molecule has 0 N–H and O–H groups in total. The molecule has 1 amide bonds. The maximum absolute atomic E-state index is 15.0. The van der Waals surface area contributed by atoms with Gasteiger partial charge in [-0.15, -0.1) is 13.2 Å². The zero-order valence-electron chi connectivity index (χ0n) is 20.5. The molecular weight excluding hydrogens is 482 g/mol. The zero-order valence-corrected chi connectivity index (χ0v) is 20.5. The van der Waals surface area contributed by atoms with Crippen molar-refractivity contribution in [1.29, 1.82) is 0 Å². The summed E-state index contributed by atoms with van der Waals surface area (Å²) < 4.78 is 69.0. The molecule has 0 radical (unpaired) electrons. The second-order valence-corrected chi connectivity index (χ2v) is 8.35. The molecule has 11 heteroatoms. The van der Waals surface area contributed by atoms with Crippen LogP contribution in [-0.4, -0.2) is 41.2 Å². The van der Waals surface area contributed by atoms with Crippen LogP contribution in [0.2, 0.25) is 0 Å².